The molecule has 21 heavy (non-hydrogen) atoms. The van der Waals surface area contributed by atoms with Gasteiger partial charge in [0.1, 0.15) is 0 Å². The second-order valence-corrected chi connectivity index (χ2v) is 6.43. The molecule has 1 rings (SSSR count). The van der Waals surface area contributed by atoms with Crippen molar-refractivity contribution in [3.8, 4) is 0 Å². The molecule has 118 valence electrons. The number of ether oxygens (including phenoxy) is 1. The number of aliphatic hydroxyl groups is 1. The summed E-state index contributed by atoms with van der Waals surface area (Å²) in [5.41, 5.74) is 0.921. The van der Waals surface area contributed by atoms with Gasteiger partial charge in [0.25, 0.3) is 0 Å². The predicted molar refractivity (Wildman–Crippen MR) is 79.2 cm³/mol. The molecule has 1 aromatic carbocycles. The third-order valence-corrected chi connectivity index (χ3v) is 4.21. The Morgan fingerprint density at radius 1 is 1.33 bits per heavy atom. The van der Waals surface area contributed by atoms with E-state index in [-0.39, 0.29) is 25.4 Å². The van der Waals surface area contributed by atoms with Crippen LogP contribution in [0.4, 0.5) is 0 Å². The van der Waals surface area contributed by atoms with Gasteiger partial charge in [-0.2, -0.15) is 0 Å². The summed E-state index contributed by atoms with van der Waals surface area (Å²) >= 11 is 0. The van der Waals surface area contributed by atoms with Gasteiger partial charge >= 0.3 is 5.97 Å². The van der Waals surface area contributed by atoms with E-state index in [1.165, 1.54) is 0 Å². The highest BCUT2D eigenvalue weighted by atomic mass is 32.2. The van der Waals surface area contributed by atoms with Crippen LogP contribution in [-0.2, 0) is 26.0 Å². The van der Waals surface area contributed by atoms with Crippen molar-refractivity contribution in [1.82, 2.24) is 4.72 Å². The highest BCUT2D eigenvalue weighted by Gasteiger charge is 2.19. The number of sulfonamides is 1. The minimum atomic E-state index is -3.64. The number of benzene rings is 1. The lowest BCUT2D eigenvalue weighted by Gasteiger charge is -2.16. The van der Waals surface area contributed by atoms with Crippen LogP contribution in [0.15, 0.2) is 30.3 Å². The maximum Gasteiger partial charge on any atom is 0.306 e. The van der Waals surface area contributed by atoms with Crippen LogP contribution in [0.2, 0.25) is 0 Å². The topological polar surface area (TPSA) is 92.7 Å². The lowest BCUT2D eigenvalue weighted by Crippen LogP contribution is -2.40. The lowest BCUT2D eigenvalue weighted by atomic mass is 10.1. The second-order valence-electron chi connectivity index (χ2n) is 4.56. The quantitative estimate of drug-likeness (QED) is 0.646. The summed E-state index contributed by atoms with van der Waals surface area (Å²) in [5, 5.41) is 9.29. The van der Waals surface area contributed by atoms with Crippen LogP contribution < -0.4 is 4.72 Å². The van der Waals surface area contributed by atoms with Crippen LogP contribution in [0.5, 0.6) is 0 Å². The van der Waals surface area contributed by atoms with Gasteiger partial charge in [0, 0.05) is 6.04 Å². The summed E-state index contributed by atoms with van der Waals surface area (Å²) in [6.07, 6.45) is 0.183. The summed E-state index contributed by atoms with van der Waals surface area (Å²) < 4.78 is 30.8. The van der Waals surface area contributed by atoms with Gasteiger partial charge in [-0.1, -0.05) is 30.3 Å². The first kappa shape index (κ1) is 17.6. The third kappa shape index (κ3) is 7.22. The van der Waals surface area contributed by atoms with E-state index in [9.17, 15) is 18.3 Å². The van der Waals surface area contributed by atoms with Crippen LogP contribution in [0.25, 0.3) is 0 Å². The predicted octanol–water partition coefficient (Wildman–Crippen LogP) is 0.463. The van der Waals surface area contributed by atoms with Crippen LogP contribution in [0, 0.1) is 0 Å². The number of carbonyl (C=O) groups excluding carboxylic acids is 1. The fraction of sp³-hybridized carbons (Fsp3) is 0.500. The molecule has 0 aliphatic rings. The first-order valence-corrected chi connectivity index (χ1v) is 8.42. The minimum Gasteiger partial charge on any atom is -0.466 e. The molecule has 0 spiro atoms. The summed E-state index contributed by atoms with van der Waals surface area (Å²) in [6.45, 7) is 1.57. The fourth-order valence-electron chi connectivity index (χ4n) is 1.81. The molecule has 7 heteroatoms. The Kier molecular flexibility index (Phi) is 7.35. The molecule has 0 unspecified atom stereocenters. The van der Waals surface area contributed by atoms with Crippen molar-refractivity contribution in [1.29, 1.82) is 0 Å². The number of aliphatic hydroxyl groups excluding tert-OH is 1. The molecule has 0 amide bonds. The van der Waals surface area contributed by atoms with Crippen LogP contribution in [-0.4, -0.2) is 44.5 Å². The van der Waals surface area contributed by atoms with Crippen LogP contribution in [0.3, 0.4) is 0 Å². The number of hydrogen-bond acceptors (Lipinski definition) is 5. The van der Waals surface area contributed by atoms with E-state index in [1.807, 2.05) is 30.3 Å². The molecule has 0 heterocycles. The summed E-state index contributed by atoms with van der Waals surface area (Å²) in [4.78, 5) is 11.2. The zero-order valence-electron chi connectivity index (χ0n) is 12.0. The van der Waals surface area contributed by atoms with Crippen molar-refractivity contribution in [3.63, 3.8) is 0 Å². The van der Waals surface area contributed by atoms with Crippen molar-refractivity contribution >= 4 is 16.0 Å². The van der Waals surface area contributed by atoms with Gasteiger partial charge in [0.05, 0.1) is 25.4 Å². The maximum absolute atomic E-state index is 11.9. The Morgan fingerprint density at radius 2 is 2.00 bits per heavy atom. The number of esters is 1. The highest BCUT2D eigenvalue weighted by molar-refractivity contribution is 7.89. The molecular weight excluding hydrogens is 294 g/mol. The number of rotatable bonds is 9. The molecular formula is C14H21NO5S. The Labute approximate surface area is 125 Å². The minimum absolute atomic E-state index is 0.202. The molecule has 0 bridgehead atoms. The average molecular weight is 315 g/mol. The van der Waals surface area contributed by atoms with Crippen LogP contribution in [0.1, 0.15) is 18.9 Å². The molecule has 0 aliphatic carbocycles. The second kappa shape index (κ2) is 8.76. The van der Waals surface area contributed by atoms with Gasteiger partial charge in [-0.25, -0.2) is 13.1 Å². The van der Waals surface area contributed by atoms with Gasteiger partial charge < -0.3 is 9.84 Å². The van der Waals surface area contributed by atoms with Crippen molar-refractivity contribution < 1.29 is 23.1 Å². The summed E-state index contributed by atoms with van der Waals surface area (Å²) in [5.74, 6) is -0.900. The van der Waals surface area contributed by atoms with E-state index < -0.39 is 22.0 Å². The maximum atomic E-state index is 11.9. The summed E-state index contributed by atoms with van der Waals surface area (Å²) in [6, 6.07) is 8.66. The molecule has 0 radical (unpaired) electrons. The first-order valence-electron chi connectivity index (χ1n) is 6.77. The van der Waals surface area contributed by atoms with Crippen molar-refractivity contribution in [2.75, 3.05) is 19.0 Å². The van der Waals surface area contributed by atoms with Gasteiger partial charge in [0.2, 0.25) is 10.0 Å². The van der Waals surface area contributed by atoms with Crippen LogP contribution >= 0.6 is 0 Å². The molecule has 6 nitrogen and oxygen atoms in total. The molecule has 1 atom stereocenters. The summed E-state index contributed by atoms with van der Waals surface area (Å²) in [7, 11) is -3.64. The Morgan fingerprint density at radius 3 is 2.57 bits per heavy atom. The molecule has 1 aromatic rings. The largest absolute Gasteiger partial charge is 0.466 e. The zero-order chi connectivity index (χ0) is 15.7. The lowest BCUT2D eigenvalue weighted by molar-refractivity contribution is -0.142. The SMILES string of the molecule is CCOC(=O)CCS(=O)(=O)N[C@H](CO)Cc1ccccc1. The molecule has 0 saturated carbocycles. The van der Waals surface area contributed by atoms with E-state index in [2.05, 4.69) is 9.46 Å². The molecule has 0 saturated heterocycles. The van der Waals surface area contributed by atoms with E-state index in [0.29, 0.717) is 6.42 Å². The van der Waals surface area contributed by atoms with E-state index >= 15 is 0 Å². The molecule has 0 aromatic heterocycles. The van der Waals surface area contributed by atoms with E-state index in [1.54, 1.807) is 6.92 Å². The Bertz CT molecular complexity index is 530. The van der Waals surface area contributed by atoms with Crippen molar-refractivity contribution in [3.05, 3.63) is 35.9 Å². The number of hydrogen-bond donors (Lipinski definition) is 2. The first-order chi connectivity index (χ1) is 9.96. The van der Waals surface area contributed by atoms with Crippen molar-refractivity contribution in [2.24, 2.45) is 0 Å². The Hall–Kier alpha value is -1.44. The normalized spacial score (nSPS) is 12.9. The van der Waals surface area contributed by atoms with Gasteiger partial charge in [0.15, 0.2) is 0 Å². The smallest absolute Gasteiger partial charge is 0.306 e. The Balaban J connectivity index is 2.53. The van der Waals surface area contributed by atoms with Gasteiger partial charge in [-0.15, -0.1) is 0 Å². The van der Waals surface area contributed by atoms with Crippen molar-refractivity contribution in [2.45, 2.75) is 25.8 Å². The average Bonchev–Trinajstić information content (AvgIpc) is 2.46. The fourth-order valence-corrected chi connectivity index (χ4v) is 3.02. The van der Waals surface area contributed by atoms with Gasteiger partial charge in [-0.05, 0) is 18.9 Å². The molecule has 0 aliphatic heterocycles. The number of nitrogens with one attached hydrogen (secondary N) is 1. The standard InChI is InChI=1S/C14H21NO5S/c1-2-20-14(17)8-9-21(18,19)15-13(11-16)10-12-6-4-3-5-7-12/h3-7,13,15-16H,2,8-11H2,1H3/t13-/m0/s1. The monoisotopic (exact) mass is 315 g/mol. The van der Waals surface area contributed by atoms with Gasteiger partial charge in [-0.3, -0.25) is 4.79 Å². The zero-order valence-corrected chi connectivity index (χ0v) is 12.8. The molecule has 2 N–H and O–H groups in total. The number of carbonyl (C=O) groups is 1. The molecule has 0 fully saturated rings. The van der Waals surface area contributed by atoms with E-state index in [0.717, 1.165) is 5.56 Å². The third-order valence-electron chi connectivity index (χ3n) is 2.77. The van der Waals surface area contributed by atoms with E-state index in [4.69, 9.17) is 0 Å². The highest BCUT2D eigenvalue weighted by Crippen LogP contribution is 2.04.